The number of rotatable bonds is 5. The van der Waals surface area contributed by atoms with Crippen molar-refractivity contribution in [3.05, 3.63) is 0 Å². The van der Waals surface area contributed by atoms with Crippen molar-refractivity contribution in [2.75, 3.05) is 20.2 Å². The van der Waals surface area contributed by atoms with Crippen LogP contribution in [-0.2, 0) is 14.3 Å². The molecule has 0 amide bonds. The van der Waals surface area contributed by atoms with Gasteiger partial charge in [-0.1, -0.05) is 19.8 Å². The van der Waals surface area contributed by atoms with E-state index in [1.807, 2.05) is 0 Å². The molecule has 0 N–H and O–H groups in total. The predicted molar refractivity (Wildman–Crippen MR) is 56.5 cm³/mol. The molecule has 0 bridgehead atoms. The van der Waals surface area contributed by atoms with Gasteiger partial charge < -0.3 is 4.74 Å². The number of ether oxygens (including phenoxy) is 1. The van der Waals surface area contributed by atoms with Crippen LogP contribution in [0, 0.1) is 0 Å². The first kappa shape index (κ1) is 12.2. The van der Waals surface area contributed by atoms with Crippen molar-refractivity contribution in [3.8, 4) is 0 Å². The van der Waals surface area contributed by atoms with E-state index in [2.05, 4.69) is 6.92 Å². The zero-order valence-electron chi connectivity index (χ0n) is 9.49. The van der Waals surface area contributed by atoms with Crippen molar-refractivity contribution < 1.29 is 14.3 Å². The van der Waals surface area contributed by atoms with Crippen LogP contribution < -0.4 is 0 Å². The number of hydrogen-bond acceptors (Lipinski definition) is 4. The van der Waals surface area contributed by atoms with Gasteiger partial charge in [0.25, 0.3) is 0 Å². The number of hydrogen-bond donors (Lipinski definition) is 0. The maximum absolute atomic E-state index is 11.5. The Morgan fingerprint density at radius 2 is 2.27 bits per heavy atom. The van der Waals surface area contributed by atoms with E-state index in [9.17, 15) is 9.59 Å². The first-order valence-corrected chi connectivity index (χ1v) is 5.56. The Bertz CT molecular complexity index is 240. The number of likely N-dealkylation sites (N-methyl/N-ethyl adjacent to an activating group) is 1. The van der Waals surface area contributed by atoms with Crippen LogP contribution in [0.15, 0.2) is 0 Å². The van der Waals surface area contributed by atoms with Gasteiger partial charge in [0.1, 0.15) is 0 Å². The number of carbonyl (C=O) groups excluding carboxylic acids is 2. The largest absolute Gasteiger partial charge is 0.464 e. The molecule has 0 aromatic rings. The molecule has 0 aromatic carbocycles. The van der Waals surface area contributed by atoms with Gasteiger partial charge in [-0.25, -0.2) is 4.79 Å². The highest BCUT2D eigenvalue weighted by atomic mass is 16.5. The molecule has 1 heterocycles. The van der Waals surface area contributed by atoms with Gasteiger partial charge in [0.15, 0.2) is 11.8 Å². The summed E-state index contributed by atoms with van der Waals surface area (Å²) in [5.41, 5.74) is 0. The van der Waals surface area contributed by atoms with Gasteiger partial charge in [0, 0.05) is 13.0 Å². The average molecular weight is 213 g/mol. The molecule has 86 valence electrons. The SMILES string of the molecule is CCCCCOC(=O)C1C(=O)CCN1C. The molecule has 4 heteroatoms. The maximum atomic E-state index is 11.5. The molecule has 0 spiro atoms. The van der Waals surface area contributed by atoms with E-state index in [0.29, 0.717) is 19.6 Å². The summed E-state index contributed by atoms with van der Waals surface area (Å²) in [6.45, 7) is 3.19. The molecule has 1 rings (SSSR count). The molecule has 1 aliphatic heterocycles. The van der Waals surface area contributed by atoms with E-state index in [0.717, 1.165) is 19.3 Å². The molecule has 0 saturated carbocycles. The van der Waals surface area contributed by atoms with Crippen LogP contribution in [0.25, 0.3) is 0 Å². The molecule has 4 nitrogen and oxygen atoms in total. The third-order valence-electron chi connectivity index (χ3n) is 2.67. The average Bonchev–Trinajstić information content (AvgIpc) is 2.53. The minimum absolute atomic E-state index is 0.0157. The summed E-state index contributed by atoms with van der Waals surface area (Å²) in [6, 6.07) is -0.647. The first-order chi connectivity index (χ1) is 7.16. The molecule has 0 aromatic heterocycles. The van der Waals surface area contributed by atoms with E-state index in [-0.39, 0.29) is 11.8 Å². The normalized spacial score (nSPS) is 22.0. The van der Waals surface area contributed by atoms with Gasteiger partial charge >= 0.3 is 5.97 Å². The van der Waals surface area contributed by atoms with E-state index < -0.39 is 6.04 Å². The van der Waals surface area contributed by atoms with Crippen molar-refractivity contribution in [3.63, 3.8) is 0 Å². The molecule has 15 heavy (non-hydrogen) atoms. The van der Waals surface area contributed by atoms with Crippen molar-refractivity contribution in [2.45, 2.75) is 38.6 Å². The Kier molecular flexibility index (Phi) is 4.75. The second kappa shape index (κ2) is 5.85. The topological polar surface area (TPSA) is 46.6 Å². The van der Waals surface area contributed by atoms with Gasteiger partial charge in [-0.3, -0.25) is 9.69 Å². The van der Waals surface area contributed by atoms with Crippen molar-refractivity contribution >= 4 is 11.8 Å². The molecule has 0 radical (unpaired) electrons. The summed E-state index contributed by atoms with van der Waals surface area (Å²) in [5.74, 6) is -0.394. The zero-order chi connectivity index (χ0) is 11.3. The van der Waals surface area contributed by atoms with E-state index in [1.54, 1.807) is 11.9 Å². The summed E-state index contributed by atoms with van der Waals surface area (Å²) in [6.07, 6.45) is 3.50. The van der Waals surface area contributed by atoms with E-state index >= 15 is 0 Å². The lowest BCUT2D eigenvalue weighted by Gasteiger charge is -2.16. The van der Waals surface area contributed by atoms with Gasteiger partial charge in [0.2, 0.25) is 0 Å². The minimum atomic E-state index is -0.647. The number of ketones is 1. The number of unbranched alkanes of at least 4 members (excludes halogenated alkanes) is 2. The summed E-state index contributed by atoms with van der Waals surface area (Å²) in [7, 11) is 1.78. The highest BCUT2D eigenvalue weighted by molar-refractivity contribution is 6.04. The molecule has 1 aliphatic rings. The molecular formula is C11H19NO3. The van der Waals surface area contributed by atoms with Crippen LogP contribution in [0.5, 0.6) is 0 Å². The smallest absolute Gasteiger partial charge is 0.331 e. The third kappa shape index (κ3) is 3.30. The van der Waals surface area contributed by atoms with E-state index in [4.69, 9.17) is 4.74 Å². The lowest BCUT2D eigenvalue weighted by Crippen LogP contribution is -2.38. The Morgan fingerprint density at radius 1 is 1.53 bits per heavy atom. The summed E-state index contributed by atoms with van der Waals surface area (Å²) >= 11 is 0. The Balaban J connectivity index is 2.30. The van der Waals surface area contributed by atoms with Gasteiger partial charge in [0.05, 0.1) is 6.61 Å². The van der Waals surface area contributed by atoms with Crippen molar-refractivity contribution in [2.24, 2.45) is 0 Å². The standard InChI is InChI=1S/C11H19NO3/c1-3-4-5-8-15-11(14)10-9(13)6-7-12(10)2/h10H,3-8H2,1-2H3. The number of carbonyl (C=O) groups is 2. The van der Waals surface area contributed by atoms with Crippen LogP contribution in [0.4, 0.5) is 0 Å². The Labute approximate surface area is 90.6 Å². The van der Waals surface area contributed by atoms with Crippen molar-refractivity contribution in [1.82, 2.24) is 4.90 Å². The second-order valence-corrected chi connectivity index (χ2v) is 3.97. The first-order valence-electron chi connectivity index (χ1n) is 5.56. The van der Waals surface area contributed by atoms with Crippen LogP contribution in [-0.4, -0.2) is 42.9 Å². The van der Waals surface area contributed by atoms with Crippen LogP contribution in [0.3, 0.4) is 0 Å². The van der Waals surface area contributed by atoms with Gasteiger partial charge in [-0.05, 0) is 13.5 Å². The summed E-state index contributed by atoms with van der Waals surface area (Å²) < 4.78 is 5.07. The lowest BCUT2D eigenvalue weighted by atomic mass is 10.2. The molecule has 1 unspecified atom stereocenters. The van der Waals surface area contributed by atoms with Gasteiger partial charge in [-0.2, -0.15) is 0 Å². The summed E-state index contributed by atoms with van der Waals surface area (Å²) in [5, 5.41) is 0. The Morgan fingerprint density at radius 3 is 2.80 bits per heavy atom. The van der Waals surface area contributed by atoms with Crippen LogP contribution >= 0.6 is 0 Å². The van der Waals surface area contributed by atoms with Crippen LogP contribution in [0.1, 0.15) is 32.6 Å². The highest BCUT2D eigenvalue weighted by Gasteiger charge is 2.36. The maximum Gasteiger partial charge on any atom is 0.331 e. The Hall–Kier alpha value is -0.900. The molecular weight excluding hydrogens is 194 g/mol. The van der Waals surface area contributed by atoms with E-state index in [1.165, 1.54) is 0 Å². The number of nitrogens with zero attached hydrogens (tertiary/aromatic N) is 1. The van der Waals surface area contributed by atoms with Crippen molar-refractivity contribution in [1.29, 1.82) is 0 Å². The predicted octanol–water partition coefficient (Wildman–Crippen LogP) is 0.993. The molecule has 1 fully saturated rings. The fourth-order valence-electron chi connectivity index (χ4n) is 1.71. The summed E-state index contributed by atoms with van der Waals surface area (Å²) in [4.78, 5) is 24.7. The quantitative estimate of drug-likeness (QED) is 0.388. The number of likely N-dealkylation sites (tertiary alicyclic amines) is 1. The fourth-order valence-corrected chi connectivity index (χ4v) is 1.71. The monoisotopic (exact) mass is 213 g/mol. The number of Topliss-reactive ketones (excluding diaryl/α,β-unsaturated/α-hetero) is 1. The molecule has 1 saturated heterocycles. The molecule has 1 atom stereocenters. The molecule has 0 aliphatic carbocycles. The second-order valence-electron chi connectivity index (χ2n) is 3.97. The zero-order valence-corrected chi connectivity index (χ0v) is 9.49. The van der Waals surface area contributed by atoms with Gasteiger partial charge in [-0.15, -0.1) is 0 Å². The number of esters is 1. The minimum Gasteiger partial charge on any atom is -0.464 e. The fraction of sp³-hybridized carbons (Fsp3) is 0.818. The lowest BCUT2D eigenvalue weighted by molar-refractivity contribution is -0.150. The highest BCUT2D eigenvalue weighted by Crippen LogP contribution is 2.12. The third-order valence-corrected chi connectivity index (χ3v) is 2.67. The van der Waals surface area contributed by atoms with Crippen LogP contribution in [0.2, 0.25) is 0 Å².